The van der Waals surface area contributed by atoms with Crippen molar-refractivity contribution in [1.82, 2.24) is 5.09 Å². The fraction of sp³-hybridized carbons (Fsp3) is 0.833. The third kappa shape index (κ3) is 4.49. The number of ether oxygens (including phenoxy) is 1. The lowest BCUT2D eigenvalue weighted by Gasteiger charge is -2.10. The van der Waals surface area contributed by atoms with Crippen LogP contribution in [0, 0.1) is 0 Å². The highest BCUT2D eigenvalue weighted by atomic mass is 31.1. The predicted molar refractivity (Wildman–Crippen MR) is 45.2 cm³/mol. The van der Waals surface area contributed by atoms with Gasteiger partial charge >= 0.3 is 5.97 Å². The van der Waals surface area contributed by atoms with Crippen molar-refractivity contribution in [3.8, 4) is 0 Å². The van der Waals surface area contributed by atoms with E-state index in [0.29, 0.717) is 6.61 Å². The van der Waals surface area contributed by atoms with Crippen LogP contribution in [0.2, 0.25) is 0 Å². The average Bonchev–Trinajstić information content (AvgIpc) is 2.04. The Bertz CT molecular complexity index is 173. The molecular formula is C6H14NO4P. The van der Waals surface area contributed by atoms with Gasteiger partial charge in [0.05, 0.1) is 6.61 Å². The summed E-state index contributed by atoms with van der Waals surface area (Å²) in [5, 5.41) is 2.46. The van der Waals surface area contributed by atoms with E-state index < -0.39 is 20.2 Å². The summed E-state index contributed by atoms with van der Waals surface area (Å²) in [6.07, 6.45) is 0. The number of hydrogen-bond acceptors (Lipinski definition) is 4. The molecule has 1 N–H and O–H groups in total. The lowest BCUT2D eigenvalue weighted by Crippen LogP contribution is -2.30. The van der Waals surface area contributed by atoms with Crippen LogP contribution < -0.4 is 5.09 Å². The van der Waals surface area contributed by atoms with Crippen molar-refractivity contribution in [2.24, 2.45) is 0 Å². The number of nitrogens with one attached hydrogen (secondary N) is 1. The van der Waals surface area contributed by atoms with E-state index in [0.717, 1.165) is 0 Å². The van der Waals surface area contributed by atoms with Crippen LogP contribution >= 0.6 is 8.18 Å². The third-order valence-electron chi connectivity index (χ3n) is 1.16. The van der Waals surface area contributed by atoms with Gasteiger partial charge in [-0.25, -0.2) is 5.09 Å². The van der Waals surface area contributed by atoms with Gasteiger partial charge < -0.3 is 9.26 Å². The quantitative estimate of drug-likeness (QED) is 0.513. The number of esters is 1. The van der Waals surface area contributed by atoms with Gasteiger partial charge in [0.2, 0.25) is 0 Å². The number of hydrogen-bond donors (Lipinski definition) is 1. The zero-order valence-corrected chi connectivity index (χ0v) is 8.42. The molecule has 0 bridgehead atoms. The molecule has 5 nitrogen and oxygen atoms in total. The Morgan fingerprint density at radius 1 is 1.67 bits per heavy atom. The minimum atomic E-state index is -2.29. The fourth-order valence-electron chi connectivity index (χ4n) is 0.562. The van der Waals surface area contributed by atoms with Crippen molar-refractivity contribution in [1.29, 1.82) is 0 Å². The number of carbonyl (C=O) groups is 1. The van der Waals surface area contributed by atoms with Gasteiger partial charge in [-0.05, 0) is 13.8 Å². The minimum Gasteiger partial charge on any atom is -0.465 e. The summed E-state index contributed by atoms with van der Waals surface area (Å²) < 4.78 is 19.9. The Hall–Kier alpha value is -0.380. The van der Waals surface area contributed by atoms with Crippen LogP contribution in [-0.4, -0.2) is 25.7 Å². The molecule has 0 heterocycles. The maximum Gasteiger partial charge on any atom is 0.323 e. The first-order valence-corrected chi connectivity index (χ1v) is 4.94. The molecule has 1 unspecified atom stereocenters. The zero-order valence-electron chi connectivity index (χ0n) is 7.42. The lowest BCUT2D eigenvalue weighted by molar-refractivity contribution is -0.144. The summed E-state index contributed by atoms with van der Waals surface area (Å²) in [6.45, 7) is 3.60. The predicted octanol–water partition coefficient (Wildman–Crippen LogP) is 0.564. The molecule has 0 aliphatic heterocycles. The molecular weight excluding hydrogens is 181 g/mol. The van der Waals surface area contributed by atoms with Crippen LogP contribution in [0.3, 0.4) is 0 Å². The fourth-order valence-corrected chi connectivity index (χ4v) is 1.15. The van der Waals surface area contributed by atoms with Gasteiger partial charge in [-0.1, -0.05) is 0 Å². The topological polar surface area (TPSA) is 64.6 Å². The molecule has 0 aromatic heterocycles. The van der Waals surface area contributed by atoms with Gasteiger partial charge in [0.15, 0.2) is 0 Å². The van der Waals surface area contributed by atoms with Crippen LogP contribution in [-0.2, 0) is 18.6 Å². The maximum absolute atomic E-state index is 10.9. The highest BCUT2D eigenvalue weighted by Gasteiger charge is 2.14. The van der Waals surface area contributed by atoms with Crippen LogP contribution in [0.4, 0.5) is 0 Å². The molecule has 6 heteroatoms. The first-order chi connectivity index (χ1) is 5.61. The molecule has 0 rings (SSSR count). The second-order valence-electron chi connectivity index (χ2n) is 2.11. The Balaban J connectivity index is 3.78. The smallest absolute Gasteiger partial charge is 0.323 e. The first kappa shape index (κ1) is 11.6. The Kier molecular flexibility index (Phi) is 5.98. The van der Waals surface area contributed by atoms with Gasteiger partial charge in [-0.15, -0.1) is 0 Å². The Labute approximate surface area is 72.4 Å². The van der Waals surface area contributed by atoms with E-state index in [4.69, 9.17) is 0 Å². The van der Waals surface area contributed by atoms with E-state index in [2.05, 4.69) is 14.3 Å². The SMILES string of the molecule is CCOC(=O)[C@H](C)N[PH](=O)OC. The molecule has 72 valence electrons. The molecule has 0 radical (unpaired) electrons. The summed E-state index contributed by atoms with van der Waals surface area (Å²) in [6, 6.07) is -0.587. The summed E-state index contributed by atoms with van der Waals surface area (Å²) >= 11 is 0. The molecule has 0 amide bonds. The molecule has 0 aromatic carbocycles. The van der Waals surface area contributed by atoms with Crippen molar-refractivity contribution in [2.75, 3.05) is 13.7 Å². The van der Waals surface area contributed by atoms with E-state index in [1.807, 2.05) is 0 Å². The second kappa shape index (κ2) is 6.17. The highest BCUT2D eigenvalue weighted by molar-refractivity contribution is 7.36. The van der Waals surface area contributed by atoms with E-state index in [1.54, 1.807) is 13.8 Å². The molecule has 0 aromatic rings. The average molecular weight is 195 g/mol. The Morgan fingerprint density at radius 2 is 2.25 bits per heavy atom. The molecule has 0 spiro atoms. The van der Waals surface area contributed by atoms with Crippen molar-refractivity contribution in [3.05, 3.63) is 0 Å². The summed E-state index contributed by atoms with van der Waals surface area (Å²) in [5.74, 6) is -0.423. The van der Waals surface area contributed by atoms with Gasteiger partial charge in [0.1, 0.15) is 6.04 Å². The first-order valence-electron chi connectivity index (χ1n) is 3.63. The van der Waals surface area contributed by atoms with Gasteiger partial charge in [-0.2, -0.15) is 0 Å². The zero-order chi connectivity index (χ0) is 9.56. The molecule has 0 saturated heterocycles. The number of rotatable bonds is 5. The highest BCUT2D eigenvalue weighted by Crippen LogP contribution is 2.14. The molecule has 0 aliphatic carbocycles. The standard InChI is InChI=1S/C6H14NO4P/c1-4-11-6(8)5(2)7-12(9)10-3/h5,12H,4H2,1-3H3,(H,7,9)/t5-/m0/s1. The van der Waals surface area contributed by atoms with Crippen molar-refractivity contribution in [3.63, 3.8) is 0 Å². The van der Waals surface area contributed by atoms with Gasteiger partial charge in [0, 0.05) is 7.11 Å². The van der Waals surface area contributed by atoms with E-state index in [1.165, 1.54) is 7.11 Å². The normalized spacial score (nSPS) is 15.2. The lowest BCUT2D eigenvalue weighted by atomic mass is 10.4. The van der Waals surface area contributed by atoms with Crippen molar-refractivity contribution >= 4 is 14.1 Å². The van der Waals surface area contributed by atoms with Crippen LogP contribution in [0.15, 0.2) is 0 Å². The summed E-state index contributed by atoms with van der Waals surface area (Å²) in [4.78, 5) is 10.9. The summed E-state index contributed by atoms with van der Waals surface area (Å²) in [7, 11) is -0.980. The monoisotopic (exact) mass is 195 g/mol. The minimum absolute atomic E-state index is 0.318. The molecule has 12 heavy (non-hydrogen) atoms. The molecule has 0 aliphatic rings. The molecule has 0 saturated carbocycles. The van der Waals surface area contributed by atoms with Crippen molar-refractivity contribution < 1.29 is 18.6 Å². The van der Waals surface area contributed by atoms with Crippen LogP contribution in [0.5, 0.6) is 0 Å². The Morgan fingerprint density at radius 3 is 2.67 bits per heavy atom. The summed E-state index contributed by atoms with van der Waals surface area (Å²) in [5.41, 5.74) is 0. The largest absolute Gasteiger partial charge is 0.465 e. The van der Waals surface area contributed by atoms with Gasteiger partial charge in [0.25, 0.3) is 8.18 Å². The maximum atomic E-state index is 10.9. The second-order valence-corrected chi connectivity index (χ2v) is 3.38. The van der Waals surface area contributed by atoms with Crippen LogP contribution in [0.25, 0.3) is 0 Å². The third-order valence-corrected chi connectivity index (χ3v) is 2.20. The molecule has 2 atom stereocenters. The van der Waals surface area contributed by atoms with E-state index in [9.17, 15) is 9.36 Å². The van der Waals surface area contributed by atoms with Gasteiger partial charge in [-0.3, -0.25) is 9.36 Å². The number of carbonyl (C=O) groups excluding carboxylic acids is 1. The van der Waals surface area contributed by atoms with E-state index in [-0.39, 0.29) is 0 Å². The molecule has 0 fully saturated rings. The van der Waals surface area contributed by atoms with E-state index >= 15 is 0 Å². The van der Waals surface area contributed by atoms with Crippen LogP contribution in [0.1, 0.15) is 13.8 Å². The van der Waals surface area contributed by atoms with Crippen molar-refractivity contribution in [2.45, 2.75) is 19.9 Å².